The molecule has 2 amide bonds. The van der Waals surface area contributed by atoms with Gasteiger partial charge in [0.2, 0.25) is 5.91 Å². The van der Waals surface area contributed by atoms with Gasteiger partial charge in [0.05, 0.1) is 6.61 Å². The Hall–Kier alpha value is -1.92. The van der Waals surface area contributed by atoms with Crippen LogP contribution >= 0.6 is 0 Å². The molecular weight excluding hydrogens is 258 g/mol. The fraction of sp³-hybridized carbons (Fsp3) is 0.429. The second-order valence-electron chi connectivity index (χ2n) is 5.19. The van der Waals surface area contributed by atoms with Crippen molar-refractivity contribution >= 4 is 17.5 Å². The van der Waals surface area contributed by atoms with E-state index >= 15 is 0 Å². The van der Waals surface area contributed by atoms with Gasteiger partial charge in [-0.05, 0) is 24.6 Å². The zero-order valence-corrected chi connectivity index (χ0v) is 11.7. The average molecular weight is 277 g/mol. The van der Waals surface area contributed by atoms with E-state index in [4.69, 9.17) is 10.5 Å². The number of hydrogen-bond donors (Lipinski definition) is 2. The molecule has 0 radical (unpaired) electrons. The highest BCUT2D eigenvalue weighted by atomic mass is 16.5. The molecule has 1 fully saturated rings. The molecule has 0 saturated carbocycles. The number of ether oxygens (including phenoxy) is 1. The summed E-state index contributed by atoms with van der Waals surface area (Å²) in [5, 5.41) is 2.74. The van der Waals surface area contributed by atoms with Crippen molar-refractivity contribution < 1.29 is 14.3 Å². The Morgan fingerprint density at radius 1 is 1.40 bits per heavy atom. The number of nitrogens with one attached hydrogen (secondary N) is 1. The third-order valence-corrected chi connectivity index (χ3v) is 3.28. The lowest BCUT2D eigenvalue weighted by molar-refractivity contribution is -0.121. The smallest absolute Gasteiger partial charge is 0.253 e. The molecule has 3 N–H and O–H groups in total. The quantitative estimate of drug-likeness (QED) is 0.840. The highest BCUT2D eigenvalue weighted by Crippen LogP contribution is 2.19. The molecule has 1 saturated heterocycles. The van der Waals surface area contributed by atoms with Crippen LogP contribution in [0.5, 0.6) is 0 Å². The van der Waals surface area contributed by atoms with Gasteiger partial charge in [0.1, 0.15) is 5.54 Å². The van der Waals surface area contributed by atoms with Gasteiger partial charge in [-0.15, -0.1) is 0 Å². The molecule has 6 heteroatoms. The van der Waals surface area contributed by atoms with Crippen molar-refractivity contribution in [2.24, 2.45) is 5.73 Å². The highest BCUT2D eigenvalue weighted by Gasteiger charge is 2.38. The third kappa shape index (κ3) is 2.97. The first kappa shape index (κ1) is 14.5. The first-order valence-electron chi connectivity index (χ1n) is 6.42. The van der Waals surface area contributed by atoms with E-state index < -0.39 is 5.54 Å². The normalized spacial score (nSPS) is 21.6. The van der Waals surface area contributed by atoms with Gasteiger partial charge in [0.25, 0.3) is 5.91 Å². The summed E-state index contributed by atoms with van der Waals surface area (Å²) in [6, 6.07) is 6.79. The predicted molar refractivity (Wildman–Crippen MR) is 75.4 cm³/mol. The van der Waals surface area contributed by atoms with Crippen molar-refractivity contribution in [1.82, 2.24) is 4.90 Å². The van der Waals surface area contributed by atoms with Gasteiger partial charge in [-0.25, -0.2) is 0 Å². The SMILES string of the molecule is CN(C)C(=O)c1cccc(NC(=O)C2(N)CCOC2)c1. The molecule has 1 aromatic rings. The molecule has 1 aliphatic rings. The molecule has 0 bridgehead atoms. The first-order valence-corrected chi connectivity index (χ1v) is 6.42. The molecule has 1 aromatic carbocycles. The van der Waals surface area contributed by atoms with Crippen molar-refractivity contribution in [1.29, 1.82) is 0 Å². The fourth-order valence-corrected chi connectivity index (χ4v) is 2.00. The van der Waals surface area contributed by atoms with Gasteiger partial charge >= 0.3 is 0 Å². The van der Waals surface area contributed by atoms with Crippen LogP contribution in [0.15, 0.2) is 24.3 Å². The summed E-state index contributed by atoms with van der Waals surface area (Å²) in [5.41, 5.74) is 6.07. The lowest BCUT2D eigenvalue weighted by atomic mass is 9.99. The van der Waals surface area contributed by atoms with E-state index in [1.807, 2.05) is 0 Å². The number of rotatable bonds is 3. The summed E-state index contributed by atoms with van der Waals surface area (Å²) in [5.74, 6) is -0.405. The minimum absolute atomic E-state index is 0.118. The molecule has 1 aliphatic heterocycles. The monoisotopic (exact) mass is 277 g/mol. The third-order valence-electron chi connectivity index (χ3n) is 3.28. The Balaban J connectivity index is 2.12. The topological polar surface area (TPSA) is 84.7 Å². The Morgan fingerprint density at radius 3 is 2.75 bits per heavy atom. The van der Waals surface area contributed by atoms with Gasteiger partial charge < -0.3 is 20.7 Å². The Labute approximate surface area is 117 Å². The van der Waals surface area contributed by atoms with E-state index in [0.29, 0.717) is 24.3 Å². The van der Waals surface area contributed by atoms with E-state index in [2.05, 4.69) is 5.32 Å². The molecular formula is C14H19N3O3. The summed E-state index contributed by atoms with van der Waals surface area (Å²) >= 11 is 0. The maximum Gasteiger partial charge on any atom is 0.253 e. The molecule has 1 unspecified atom stereocenters. The number of benzene rings is 1. The molecule has 20 heavy (non-hydrogen) atoms. The molecule has 0 aliphatic carbocycles. The van der Waals surface area contributed by atoms with Crippen molar-refractivity contribution in [3.63, 3.8) is 0 Å². The summed E-state index contributed by atoms with van der Waals surface area (Å²) in [6.07, 6.45) is 0.495. The van der Waals surface area contributed by atoms with Crippen LogP contribution in [-0.2, 0) is 9.53 Å². The molecule has 6 nitrogen and oxygen atoms in total. The molecule has 0 aromatic heterocycles. The van der Waals surface area contributed by atoms with Crippen LogP contribution in [0.2, 0.25) is 0 Å². The molecule has 1 atom stereocenters. The Morgan fingerprint density at radius 2 is 2.15 bits per heavy atom. The van der Waals surface area contributed by atoms with Crippen molar-refractivity contribution in [2.45, 2.75) is 12.0 Å². The molecule has 1 heterocycles. The Bertz CT molecular complexity index is 522. The number of nitrogens with two attached hydrogens (primary N) is 1. The van der Waals surface area contributed by atoms with E-state index in [1.165, 1.54) is 4.90 Å². The minimum Gasteiger partial charge on any atom is -0.379 e. The van der Waals surface area contributed by atoms with E-state index in [-0.39, 0.29) is 18.4 Å². The molecule has 108 valence electrons. The van der Waals surface area contributed by atoms with Gasteiger partial charge in [0.15, 0.2) is 0 Å². The number of carbonyl (C=O) groups excluding carboxylic acids is 2. The highest BCUT2D eigenvalue weighted by molar-refractivity contribution is 6.00. The summed E-state index contributed by atoms with van der Waals surface area (Å²) in [4.78, 5) is 25.5. The van der Waals surface area contributed by atoms with Gasteiger partial charge in [-0.1, -0.05) is 6.07 Å². The standard InChI is InChI=1S/C14H19N3O3/c1-17(2)12(18)10-4-3-5-11(8-10)16-13(19)14(15)6-7-20-9-14/h3-5,8H,6-7,9,15H2,1-2H3,(H,16,19). The first-order chi connectivity index (χ1) is 9.42. The maximum absolute atomic E-state index is 12.1. The van der Waals surface area contributed by atoms with E-state index in [1.54, 1.807) is 38.4 Å². The van der Waals surface area contributed by atoms with Gasteiger partial charge in [-0.3, -0.25) is 9.59 Å². The number of hydrogen-bond acceptors (Lipinski definition) is 4. The maximum atomic E-state index is 12.1. The molecule has 2 rings (SSSR count). The lowest BCUT2D eigenvalue weighted by Crippen LogP contribution is -2.51. The van der Waals surface area contributed by atoms with Crippen LogP contribution in [0.1, 0.15) is 16.8 Å². The zero-order chi connectivity index (χ0) is 14.8. The fourth-order valence-electron chi connectivity index (χ4n) is 2.00. The summed E-state index contributed by atoms with van der Waals surface area (Å²) in [7, 11) is 3.36. The average Bonchev–Trinajstić information content (AvgIpc) is 2.86. The largest absolute Gasteiger partial charge is 0.379 e. The van der Waals surface area contributed by atoms with Gasteiger partial charge in [-0.2, -0.15) is 0 Å². The van der Waals surface area contributed by atoms with Crippen LogP contribution < -0.4 is 11.1 Å². The zero-order valence-electron chi connectivity index (χ0n) is 11.7. The van der Waals surface area contributed by atoms with Gasteiger partial charge in [0, 0.05) is 32.0 Å². The predicted octanol–water partition coefficient (Wildman–Crippen LogP) is 0.445. The summed E-state index contributed by atoms with van der Waals surface area (Å²) in [6.45, 7) is 0.707. The Kier molecular flexibility index (Phi) is 4.06. The number of anilines is 1. The number of carbonyl (C=O) groups is 2. The van der Waals surface area contributed by atoms with E-state index in [9.17, 15) is 9.59 Å². The lowest BCUT2D eigenvalue weighted by Gasteiger charge is -2.21. The second-order valence-corrected chi connectivity index (χ2v) is 5.19. The number of nitrogens with zero attached hydrogens (tertiary/aromatic N) is 1. The summed E-state index contributed by atoms with van der Waals surface area (Å²) < 4.78 is 5.17. The number of amides is 2. The van der Waals surface area contributed by atoms with E-state index in [0.717, 1.165) is 0 Å². The van der Waals surface area contributed by atoms with Crippen LogP contribution in [0.4, 0.5) is 5.69 Å². The van der Waals surface area contributed by atoms with Crippen LogP contribution in [0.3, 0.4) is 0 Å². The van der Waals surface area contributed by atoms with Crippen molar-refractivity contribution in [3.8, 4) is 0 Å². The minimum atomic E-state index is -0.985. The van der Waals surface area contributed by atoms with Crippen molar-refractivity contribution in [3.05, 3.63) is 29.8 Å². The molecule has 0 spiro atoms. The van der Waals surface area contributed by atoms with Crippen LogP contribution in [0, 0.1) is 0 Å². The second kappa shape index (κ2) is 5.60. The van der Waals surface area contributed by atoms with Crippen LogP contribution in [-0.4, -0.2) is 49.6 Å². The van der Waals surface area contributed by atoms with Crippen LogP contribution in [0.25, 0.3) is 0 Å². The van der Waals surface area contributed by atoms with Crippen molar-refractivity contribution in [2.75, 3.05) is 32.6 Å².